The second-order valence-electron chi connectivity index (χ2n) is 3.15. The van der Waals surface area contributed by atoms with E-state index in [0.717, 1.165) is 17.9 Å². The maximum atomic E-state index is 4.21. The highest BCUT2D eigenvalue weighted by Gasteiger charge is 1.88. The molecular weight excluding hydrogens is 190 g/mol. The third-order valence-electron chi connectivity index (χ3n) is 1.66. The van der Waals surface area contributed by atoms with Crippen LogP contribution in [-0.4, -0.2) is 4.98 Å². The number of pyridine rings is 1. The van der Waals surface area contributed by atoms with Crippen LogP contribution >= 0.6 is 11.8 Å². The van der Waals surface area contributed by atoms with Gasteiger partial charge in [-0.05, 0) is 37.3 Å². The minimum Gasteiger partial charge on any atom is -0.250 e. The molecule has 0 spiro atoms. The zero-order valence-electron chi connectivity index (χ0n) is 8.44. The Morgan fingerprint density at radius 1 is 1.57 bits per heavy atom. The van der Waals surface area contributed by atoms with Crippen LogP contribution in [0.4, 0.5) is 0 Å². The first-order valence-corrected chi connectivity index (χ1v) is 5.54. The average molecular weight is 205 g/mol. The fourth-order valence-electron chi connectivity index (χ4n) is 0.932. The van der Waals surface area contributed by atoms with Gasteiger partial charge < -0.3 is 0 Å². The largest absolute Gasteiger partial charge is 0.250 e. The van der Waals surface area contributed by atoms with Crippen molar-refractivity contribution in [2.45, 2.75) is 24.8 Å². The summed E-state index contributed by atoms with van der Waals surface area (Å²) in [4.78, 5) is 4.21. The Bertz CT molecular complexity index is 303. The van der Waals surface area contributed by atoms with Gasteiger partial charge in [0.15, 0.2) is 0 Å². The van der Waals surface area contributed by atoms with Crippen LogP contribution in [0.25, 0.3) is 0 Å². The van der Waals surface area contributed by atoms with Crippen LogP contribution in [0, 0.1) is 0 Å². The summed E-state index contributed by atoms with van der Waals surface area (Å²) < 4.78 is 0. The third-order valence-corrected chi connectivity index (χ3v) is 2.47. The van der Waals surface area contributed by atoms with Crippen molar-refractivity contribution in [2.75, 3.05) is 0 Å². The van der Waals surface area contributed by atoms with Gasteiger partial charge >= 0.3 is 0 Å². The second kappa shape index (κ2) is 6.44. The molecule has 0 bridgehead atoms. The molecule has 0 saturated heterocycles. The van der Waals surface area contributed by atoms with Crippen molar-refractivity contribution in [3.8, 4) is 0 Å². The Morgan fingerprint density at radius 3 is 3.07 bits per heavy atom. The van der Waals surface area contributed by atoms with Gasteiger partial charge in [-0.15, -0.1) is 6.58 Å². The summed E-state index contributed by atoms with van der Waals surface area (Å²) in [6, 6.07) is 5.93. The molecule has 0 aliphatic heterocycles. The van der Waals surface area contributed by atoms with E-state index in [2.05, 4.69) is 30.0 Å². The molecule has 1 aromatic rings. The topological polar surface area (TPSA) is 12.9 Å². The summed E-state index contributed by atoms with van der Waals surface area (Å²) in [5, 5.41) is 3.13. The molecule has 0 aromatic carbocycles. The Balaban J connectivity index is 2.24. The van der Waals surface area contributed by atoms with Crippen molar-refractivity contribution in [1.29, 1.82) is 0 Å². The van der Waals surface area contributed by atoms with E-state index in [9.17, 15) is 0 Å². The van der Waals surface area contributed by atoms with E-state index >= 15 is 0 Å². The Hall–Kier alpha value is -1.02. The van der Waals surface area contributed by atoms with E-state index in [-0.39, 0.29) is 0 Å². The number of hydrogen-bond donors (Lipinski definition) is 0. The Kier molecular flexibility index (Phi) is 5.08. The molecule has 0 atom stereocenters. The molecule has 0 radical (unpaired) electrons. The molecule has 1 rings (SSSR count). The smallest absolute Gasteiger partial charge is 0.100 e. The molecule has 1 nitrogen and oxygen atoms in total. The molecule has 2 heteroatoms. The predicted molar refractivity (Wildman–Crippen MR) is 63.3 cm³/mol. The van der Waals surface area contributed by atoms with Crippen LogP contribution in [-0.2, 0) is 0 Å². The number of nitrogens with zero attached hydrogens (tertiary/aromatic N) is 1. The van der Waals surface area contributed by atoms with Crippen LogP contribution in [0.2, 0.25) is 0 Å². The van der Waals surface area contributed by atoms with Gasteiger partial charge in [-0.1, -0.05) is 29.5 Å². The van der Waals surface area contributed by atoms with Gasteiger partial charge in [-0.25, -0.2) is 4.98 Å². The molecule has 0 aliphatic carbocycles. The summed E-state index contributed by atoms with van der Waals surface area (Å²) in [5.41, 5.74) is 1.23. The number of thioether (sulfide) groups is 1. The first-order chi connectivity index (χ1) is 6.79. The van der Waals surface area contributed by atoms with E-state index < -0.39 is 0 Å². The molecule has 1 aromatic heterocycles. The van der Waals surface area contributed by atoms with Crippen molar-refractivity contribution >= 4 is 11.8 Å². The van der Waals surface area contributed by atoms with E-state index in [1.165, 1.54) is 5.57 Å². The fourth-order valence-corrected chi connectivity index (χ4v) is 1.58. The maximum absolute atomic E-state index is 4.21. The van der Waals surface area contributed by atoms with Gasteiger partial charge in [0, 0.05) is 6.20 Å². The normalized spacial score (nSPS) is 10.6. The van der Waals surface area contributed by atoms with Crippen molar-refractivity contribution in [1.82, 2.24) is 4.98 Å². The molecule has 0 amide bonds. The molecule has 0 fully saturated rings. The lowest BCUT2D eigenvalue weighted by Crippen LogP contribution is -1.73. The monoisotopic (exact) mass is 205 g/mol. The molecule has 0 unspecified atom stereocenters. The minimum absolute atomic E-state index is 1.04. The number of aromatic nitrogens is 1. The SMILES string of the molecule is C=C(C)CC/C=C/Sc1ccccn1. The van der Waals surface area contributed by atoms with Gasteiger partial charge in [0.05, 0.1) is 0 Å². The highest BCUT2D eigenvalue weighted by atomic mass is 32.2. The average Bonchev–Trinajstić information content (AvgIpc) is 2.18. The van der Waals surface area contributed by atoms with Crippen LogP contribution in [0.1, 0.15) is 19.8 Å². The first-order valence-electron chi connectivity index (χ1n) is 4.66. The predicted octanol–water partition coefficient (Wildman–Crippen LogP) is 4.04. The zero-order chi connectivity index (χ0) is 10.2. The van der Waals surface area contributed by atoms with Gasteiger partial charge in [-0.2, -0.15) is 0 Å². The van der Waals surface area contributed by atoms with Gasteiger partial charge in [0.1, 0.15) is 5.03 Å². The van der Waals surface area contributed by atoms with E-state index in [4.69, 9.17) is 0 Å². The molecule has 0 aliphatic rings. The van der Waals surface area contributed by atoms with Gasteiger partial charge in [0.2, 0.25) is 0 Å². The van der Waals surface area contributed by atoms with Gasteiger partial charge in [0.25, 0.3) is 0 Å². The second-order valence-corrected chi connectivity index (χ2v) is 4.08. The number of rotatable bonds is 5. The van der Waals surface area contributed by atoms with E-state index in [0.29, 0.717) is 0 Å². The van der Waals surface area contributed by atoms with Crippen LogP contribution in [0.3, 0.4) is 0 Å². The molecule has 74 valence electrons. The first kappa shape index (κ1) is 11.1. The highest BCUT2D eigenvalue weighted by Crippen LogP contribution is 2.15. The molecule has 0 saturated carbocycles. The van der Waals surface area contributed by atoms with Crippen molar-refractivity contribution < 1.29 is 0 Å². The van der Waals surface area contributed by atoms with Crippen LogP contribution < -0.4 is 0 Å². The number of hydrogen-bond acceptors (Lipinski definition) is 2. The standard InChI is InChI=1S/C12H15NS/c1-11(2)7-4-6-10-14-12-8-3-5-9-13-12/h3,5-6,8-10H,1,4,7H2,2H3/b10-6+. The summed E-state index contributed by atoms with van der Waals surface area (Å²) in [5.74, 6) is 0. The highest BCUT2D eigenvalue weighted by molar-refractivity contribution is 8.02. The third kappa shape index (κ3) is 4.87. The lowest BCUT2D eigenvalue weighted by molar-refractivity contribution is 0.985. The summed E-state index contributed by atoms with van der Waals surface area (Å²) in [7, 11) is 0. The molecule has 0 N–H and O–H groups in total. The minimum atomic E-state index is 1.04. The lowest BCUT2D eigenvalue weighted by atomic mass is 10.2. The summed E-state index contributed by atoms with van der Waals surface area (Å²) in [6.07, 6.45) is 6.10. The van der Waals surface area contributed by atoms with Crippen molar-refractivity contribution in [3.63, 3.8) is 0 Å². The van der Waals surface area contributed by atoms with Crippen LogP contribution in [0.15, 0.2) is 53.1 Å². The molecule has 14 heavy (non-hydrogen) atoms. The zero-order valence-corrected chi connectivity index (χ0v) is 9.26. The van der Waals surface area contributed by atoms with E-state index in [1.54, 1.807) is 11.8 Å². The molecular formula is C12H15NS. The quantitative estimate of drug-likeness (QED) is 0.531. The summed E-state index contributed by atoms with van der Waals surface area (Å²) in [6.45, 7) is 5.91. The van der Waals surface area contributed by atoms with Crippen LogP contribution in [0.5, 0.6) is 0 Å². The van der Waals surface area contributed by atoms with Crippen molar-refractivity contribution in [2.24, 2.45) is 0 Å². The van der Waals surface area contributed by atoms with Gasteiger partial charge in [-0.3, -0.25) is 0 Å². The lowest BCUT2D eigenvalue weighted by Gasteiger charge is -1.94. The Morgan fingerprint density at radius 2 is 2.43 bits per heavy atom. The fraction of sp³-hybridized carbons (Fsp3) is 0.250. The maximum Gasteiger partial charge on any atom is 0.100 e. The van der Waals surface area contributed by atoms with E-state index in [1.807, 2.05) is 24.4 Å². The number of allylic oxidation sites excluding steroid dienone is 2. The Labute approximate surface area is 89.9 Å². The summed E-state index contributed by atoms with van der Waals surface area (Å²) >= 11 is 1.65. The van der Waals surface area contributed by atoms with Crippen molar-refractivity contribution in [3.05, 3.63) is 48.0 Å². The molecule has 1 heterocycles.